The molecule has 0 spiro atoms. The molecular weight excluding hydrogens is 288 g/mol. The standard InChI is InChI=1S/C15H21BFNO4/c1-6-20-11-8-9(13(18)19)7-10(17)12(11)16-21-14(2,3)15(4,5)22-16/h7-8H,6H2,1-5H3,(H2,18,19). The molecule has 2 N–H and O–H groups in total. The van der Waals surface area contributed by atoms with Crippen LogP contribution in [-0.4, -0.2) is 30.8 Å². The van der Waals surface area contributed by atoms with Crippen molar-refractivity contribution >= 4 is 18.5 Å². The topological polar surface area (TPSA) is 70.8 Å². The van der Waals surface area contributed by atoms with Crippen molar-refractivity contribution in [1.29, 1.82) is 0 Å². The zero-order valence-electron chi connectivity index (χ0n) is 13.5. The minimum atomic E-state index is -0.909. The molecule has 1 saturated heterocycles. The van der Waals surface area contributed by atoms with Gasteiger partial charge in [-0.1, -0.05) is 0 Å². The number of rotatable bonds is 4. The van der Waals surface area contributed by atoms with Crippen LogP contribution in [-0.2, 0) is 9.31 Å². The average molecular weight is 309 g/mol. The minimum Gasteiger partial charge on any atom is -0.494 e. The summed E-state index contributed by atoms with van der Waals surface area (Å²) >= 11 is 0. The molecule has 0 unspecified atom stereocenters. The second-order valence-electron chi connectivity index (χ2n) is 6.26. The molecule has 22 heavy (non-hydrogen) atoms. The third-order valence-corrected chi connectivity index (χ3v) is 4.16. The van der Waals surface area contributed by atoms with E-state index in [-0.39, 0.29) is 16.8 Å². The fourth-order valence-corrected chi connectivity index (χ4v) is 2.20. The molecule has 1 aliphatic rings. The van der Waals surface area contributed by atoms with Crippen LogP contribution in [0.2, 0.25) is 0 Å². The average Bonchev–Trinajstić information content (AvgIpc) is 2.57. The number of nitrogens with two attached hydrogens (primary N) is 1. The smallest absolute Gasteiger partial charge is 0.494 e. The van der Waals surface area contributed by atoms with E-state index in [1.54, 1.807) is 6.92 Å². The van der Waals surface area contributed by atoms with Gasteiger partial charge in [0, 0.05) is 5.56 Å². The molecule has 7 heteroatoms. The summed E-state index contributed by atoms with van der Waals surface area (Å²) < 4.78 is 31.7. The Hall–Kier alpha value is -1.60. The van der Waals surface area contributed by atoms with Crippen molar-refractivity contribution in [2.24, 2.45) is 5.73 Å². The Morgan fingerprint density at radius 2 is 1.82 bits per heavy atom. The molecule has 1 heterocycles. The van der Waals surface area contributed by atoms with Gasteiger partial charge in [0.2, 0.25) is 5.91 Å². The van der Waals surface area contributed by atoms with Gasteiger partial charge in [0.05, 0.1) is 23.3 Å². The fourth-order valence-electron chi connectivity index (χ4n) is 2.20. The SMILES string of the molecule is CCOc1cc(C(N)=O)cc(F)c1B1OC(C)(C)C(C)(C)O1. The summed E-state index contributed by atoms with van der Waals surface area (Å²) in [7, 11) is -0.909. The third-order valence-electron chi connectivity index (χ3n) is 4.16. The van der Waals surface area contributed by atoms with Crippen LogP contribution in [0.3, 0.4) is 0 Å². The van der Waals surface area contributed by atoms with Crippen LogP contribution in [0.1, 0.15) is 45.0 Å². The van der Waals surface area contributed by atoms with Gasteiger partial charge in [0.25, 0.3) is 0 Å². The van der Waals surface area contributed by atoms with Gasteiger partial charge in [0.15, 0.2) is 0 Å². The van der Waals surface area contributed by atoms with Crippen LogP contribution in [0, 0.1) is 5.82 Å². The second kappa shape index (κ2) is 5.55. The van der Waals surface area contributed by atoms with Crippen molar-refractivity contribution in [1.82, 2.24) is 0 Å². The van der Waals surface area contributed by atoms with Crippen molar-refractivity contribution in [3.63, 3.8) is 0 Å². The molecule has 5 nitrogen and oxygen atoms in total. The first-order valence-electron chi connectivity index (χ1n) is 7.20. The first-order chi connectivity index (χ1) is 10.1. The number of benzene rings is 1. The maximum atomic E-state index is 14.5. The number of hydrogen-bond donors (Lipinski definition) is 1. The number of primary amides is 1. The van der Waals surface area contributed by atoms with Crippen molar-refractivity contribution in [3.05, 3.63) is 23.5 Å². The number of amides is 1. The van der Waals surface area contributed by atoms with Gasteiger partial charge in [-0.2, -0.15) is 0 Å². The van der Waals surface area contributed by atoms with Gasteiger partial charge >= 0.3 is 7.12 Å². The van der Waals surface area contributed by atoms with Crippen LogP contribution in [0.5, 0.6) is 5.75 Å². The highest BCUT2D eigenvalue weighted by atomic mass is 19.1. The number of hydrogen-bond acceptors (Lipinski definition) is 4. The summed E-state index contributed by atoms with van der Waals surface area (Å²) in [5.74, 6) is -1.16. The number of carbonyl (C=O) groups is 1. The van der Waals surface area contributed by atoms with Crippen molar-refractivity contribution in [2.75, 3.05) is 6.61 Å². The molecule has 0 atom stereocenters. The lowest BCUT2D eigenvalue weighted by Gasteiger charge is -2.32. The Balaban J connectivity index is 2.49. The molecule has 1 aromatic carbocycles. The molecular formula is C15H21BFNO4. The van der Waals surface area contributed by atoms with Crippen molar-refractivity contribution in [2.45, 2.75) is 45.8 Å². The second-order valence-corrected chi connectivity index (χ2v) is 6.26. The molecule has 0 saturated carbocycles. The molecule has 0 aromatic heterocycles. The summed E-state index contributed by atoms with van der Waals surface area (Å²) in [5.41, 5.74) is 4.20. The van der Waals surface area contributed by atoms with E-state index in [1.165, 1.54) is 6.07 Å². The van der Waals surface area contributed by atoms with Crippen molar-refractivity contribution in [3.8, 4) is 5.75 Å². The highest BCUT2D eigenvalue weighted by molar-refractivity contribution is 6.63. The van der Waals surface area contributed by atoms with E-state index in [1.807, 2.05) is 27.7 Å². The molecule has 1 amide bonds. The van der Waals surface area contributed by atoms with E-state index < -0.39 is 30.0 Å². The Labute approximate surface area is 130 Å². The van der Waals surface area contributed by atoms with E-state index in [2.05, 4.69) is 0 Å². The number of ether oxygens (including phenoxy) is 1. The lowest BCUT2D eigenvalue weighted by atomic mass is 9.77. The van der Waals surface area contributed by atoms with E-state index in [9.17, 15) is 9.18 Å². The molecule has 1 aliphatic heterocycles. The molecule has 0 bridgehead atoms. The van der Waals surface area contributed by atoms with E-state index in [0.717, 1.165) is 6.07 Å². The fraction of sp³-hybridized carbons (Fsp3) is 0.533. The van der Waals surface area contributed by atoms with Crippen molar-refractivity contribution < 1.29 is 23.2 Å². The number of carbonyl (C=O) groups excluding carboxylic acids is 1. The summed E-state index contributed by atoms with van der Waals surface area (Å²) in [4.78, 5) is 11.3. The van der Waals surface area contributed by atoms with Gasteiger partial charge in [-0.05, 0) is 46.8 Å². The molecule has 1 fully saturated rings. The summed E-state index contributed by atoms with van der Waals surface area (Å²) in [6.07, 6.45) is 0. The zero-order chi connectivity index (χ0) is 16.7. The predicted molar refractivity (Wildman–Crippen MR) is 81.8 cm³/mol. The Bertz CT molecular complexity index is 587. The minimum absolute atomic E-state index is 0.0428. The van der Waals surface area contributed by atoms with E-state index >= 15 is 0 Å². The Kier molecular flexibility index (Phi) is 4.23. The van der Waals surface area contributed by atoms with Crippen LogP contribution in [0.25, 0.3) is 0 Å². The Morgan fingerprint density at radius 1 is 1.27 bits per heavy atom. The maximum absolute atomic E-state index is 14.5. The Morgan fingerprint density at radius 3 is 2.27 bits per heavy atom. The summed E-state index contributed by atoms with van der Waals surface area (Å²) in [6, 6.07) is 2.49. The summed E-state index contributed by atoms with van der Waals surface area (Å²) in [6.45, 7) is 9.59. The van der Waals surface area contributed by atoms with Crippen LogP contribution < -0.4 is 15.9 Å². The normalized spacial score (nSPS) is 19.3. The first kappa shape index (κ1) is 16.8. The monoisotopic (exact) mass is 309 g/mol. The number of halogens is 1. The lowest BCUT2D eigenvalue weighted by Crippen LogP contribution is -2.41. The first-order valence-corrected chi connectivity index (χ1v) is 7.20. The van der Waals surface area contributed by atoms with Gasteiger partial charge < -0.3 is 19.8 Å². The molecule has 0 aliphatic carbocycles. The highest BCUT2D eigenvalue weighted by Crippen LogP contribution is 2.37. The quantitative estimate of drug-likeness (QED) is 0.858. The summed E-state index contributed by atoms with van der Waals surface area (Å²) in [5, 5.41) is 0. The van der Waals surface area contributed by atoms with Gasteiger partial charge in [0.1, 0.15) is 11.6 Å². The largest absolute Gasteiger partial charge is 0.501 e. The van der Waals surface area contributed by atoms with Gasteiger partial charge in [-0.25, -0.2) is 4.39 Å². The molecule has 2 rings (SSSR count). The van der Waals surface area contributed by atoms with Crippen LogP contribution >= 0.6 is 0 Å². The lowest BCUT2D eigenvalue weighted by molar-refractivity contribution is 0.00578. The third kappa shape index (κ3) is 2.83. The molecule has 0 radical (unpaired) electrons. The van der Waals surface area contributed by atoms with E-state index in [0.29, 0.717) is 6.61 Å². The van der Waals surface area contributed by atoms with Gasteiger partial charge in [-0.15, -0.1) is 0 Å². The predicted octanol–water partition coefficient (Wildman–Crippen LogP) is 1.62. The highest BCUT2D eigenvalue weighted by Gasteiger charge is 2.53. The molecule has 120 valence electrons. The zero-order valence-corrected chi connectivity index (χ0v) is 13.5. The maximum Gasteiger partial charge on any atom is 0.501 e. The van der Waals surface area contributed by atoms with E-state index in [4.69, 9.17) is 19.8 Å². The molecule has 1 aromatic rings. The van der Waals surface area contributed by atoms with Gasteiger partial charge in [-0.3, -0.25) is 4.79 Å². The van der Waals surface area contributed by atoms with Crippen LogP contribution in [0.4, 0.5) is 4.39 Å². The van der Waals surface area contributed by atoms with Crippen LogP contribution in [0.15, 0.2) is 12.1 Å².